The minimum absolute atomic E-state index is 0. The first kappa shape index (κ1) is 27.1. The van der Waals surface area contributed by atoms with Gasteiger partial charge in [-0.1, -0.05) is 75.0 Å². The zero-order chi connectivity index (χ0) is 21.4. The van der Waals surface area contributed by atoms with Crippen LogP contribution in [0.2, 0.25) is 0 Å². The summed E-state index contributed by atoms with van der Waals surface area (Å²) < 4.78 is 11.2. The quantitative estimate of drug-likeness (QED) is 0.188. The van der Waals surface area contributed by atoms with Gasteiger partial charge in [0.25, 0.3) is 0 Å². The summed E-state index contributed by atoms with van der Waals surface area (Å²) in [6.45, 7) is 13.8. The third kappa shape index (κ3) is 16.1. The van der Waals surface area contributed by atoms with Gasteiger partial charge in [0.2, 0.25) is 11.8 Å². The van der Waals surface area contributed by atoms with Crippen molar-refractivity contribution < 1.29 is 21.9 Å². The number of carbonyl (C=O) groups excluding carboxylic acids is 2. The molecule has 1 unspecified atom stereocenters. The zero-order valence-electron chi connectivity index (χ0n) is 18.0. The smallest absolute Gasteiger partial charge is 0.246 e. The molecule has 0 spiro atoms. The Labute approximate surface area is 181 Å². The molecule has 0 aromatic heterocycles. The molecule has 0 rings (SSSR count). The molecule has 0 saturated heterocycles. The number of rotatable bonds is 14. The molecular weight excluding hydrogens is 396 g/mol. The molecule has 0 aliphatic heterocycles. The molecule has 166 valence electrons. The van der Waals surface area contributed by atoms with Crippen molar-refractivity contribution in [1.82, 2.24) is 10.6 Å². The molecule has 0 fully saturated rings. The second-order valence-electron chi connectivity index (χ2n) is 7.15. The van der Waals surface area contributed by atoms with Crippen LogP contribution in [0.1, 0.15) is 44.4 Å². The van der Waals surface area contributed by atoms with Crippen molar-refractivity contribution in [3.8, 4) is 11.8 Å². The van der Waals surface area contributed by atoms with Crippen molar-refractivity contribution in [3.63, 3.8) is 0 Å². The first-order valence-electron chi connectivity index (χ1n) is 9.74. The van der Waals surface area contributed by atoms with Crippen LogP contribution in [0.25, 0.3) is 0 Å². The summed E-state index contributed by atoms with van der Waals surface area (Å²) in [6, 6.07) is 0. The molecule has 0 aromatic carbocycles. The van der Waals surface area contributed by atoms with Gasteiger partial charge in [-0.2, -0.15) is 0 Å². The predicted octanol–water partition coefficient (Wildman–Crippen LogP) is 3.42. The van der Waals surface area contributed by atoms with Crippen molar-refractivity contribution in [2.24, 2.45) is 17.8 Å². The van der Waals surface area contributed by atoms with E-state index in [0.29, 0.717) is 38.1 Å². The maximum Gasteiger partial charge on any atom is 0.246 e. The molecule has 6 nitrogen and oxygen atoms in total. The van der Waals surface area contributed by atoms with Gasteiger partial charge in [-0.25, -0.2) is 0 Å². The summed E-state index contributed by atoms with van der Waals surface area (Å²) >= 11 is 0. The molecular formula is C20H40N2O4S2. The van der Waals surface area contributed by atoms with E-state index in [4.69, 9.17) is 9.47 Å². The SMILES string of the molecule is CC(C)C#CCNC(=O)COCCOC(SSCCNC(=O)C(C)C)C(C)C.[HH].[HH]. The topological polar surface area (TPSA) is 76.7 Å². The number of amides is 2. The zero-order valence-corrected chi connectivity index (χ0v) is 19.6. The van der Waals surface area contributed by atoms with Crippen LogP contribution in [0.5, 0.6) is 0 Å². The van der Waals surface area contributed by atoms with Crippen LogP contribution in [-0.2, 0) is 19.1 Å². The van der Waals surface area contributed by atoms with Gasteiger partial charge in [0.1, 0.15) is 12.0 Å². The van der Waals surface area contributed by atoms with Gasteiger partial charge in [0, 0.05) is 27.0 Å². The predicted molar refractivity (Wildman–Crippen MR) is 123 cm³/mol. The normalized spacial score (nSPS) is 12.0. The Morgan fingerprint density at radius 3 is 2.39 bits per heavy atom. The average Bonchev–Trinajstić information content (AvgIpc) is 2.62. The van der Waals surface area contributed by atoms with E-state index in [1.54, 1.807) is 21.6 Å². The van der Waals surface area contributed by atoms with Gasteiger partial charge >= 0.3 is 0 Å². The van der Waals surface area contributed by atoms with Crippen LogP contribution >= 0.6 is 21.6 Å². The number of ether oxygens (including phenoxy) is 2. The molecule has 1 atom stereocenters. The number of nitrogens with one attached hydrogen (secondary N) is 2. The number of carbonyl (C=O) groups is 2. The lowest BCUT2D eigenvalue weighted by Crippen LogP contribution is -2.29. The average molecular weight is 437 g/mol. The van der Waals surface area contributed by atoms with Crippen molar-refractivity contribution in [2.45, 2.75) is 47.0 Å². The van der Waals surface area contributed by atoms with Crippen molar-refractivity contribution in [3.05, 3.63) is 0 Å². The summed E-state index contributed by atoms with van der Waals surface area (Å²) in [6.07, 6.45) is 0. The van der Waals surface area contributed by atoms with Gasteiger partial charge in [0.05, 0.1) is 19.8 Å². The van der Waals surface area contributed by atoms with Crippen LogP contribution in [-0.4, -0.2) is 55.9 Å². The highest BCUT2D eigenvalue weighted by atomic mass is 33.1. The summed E-state index contributed by atoms with van der Waals surface area (Å²) in [7, 11) is 3.35. The van der Waals surface area contributed by atoms with Gasteiger partial charge < -0.3 is 20.1 Å². The second kappa shape index (κ2) is 17.0. The monoisotopic (exact) mass is 436 g/mol. The van der Waals surface area contributed by atoms with Gasteiger partial charge in [0.15, 0.2) is 0 Å². The molecule has 0 radical (unpaired) electrons. The Morgan fingerprint density at radius 2 is 1.79 bits per heavy atom. The van der Waals surface area contributed by atoms with E-state index in [1.165, 1.54) is 0 Å². The molecule has 28 heavy (non-hydrogen) atoms. The second-order valence-corrected chi connectivity index (χ2v) is 9.74. The molecule has 2 N–H and O–H groups in total. The summed E-state index contributed by atoms with van der Waals surface area (Å²) in [5, 5.41) is 5.59. The fourth-order valence-electron chi connectivity index (χ4n) is 1.70. The first-order valence-corrected chi connectivity index (χ1v) is 12.1. The third-order valence-corrected chi connectivity index (χ3v) is 6.08. The summed E-state index contributed by atoms with van der Waals surface area (Å²) in [4.78, 5) is 23.1. The van der Waals surface area contributed by atoms with Crippen molar-refractivity contribution >= 4 is 33.4 Å². The number of hydrogen-bond acceptors (Lipinski definition) is 6. The minimum atomic E-state index is -0.174. The lowest BCUT2D eigenvalue weighted by Gasteiger charge is -2.20. The standard InChI is InChI=1S/C20H36N2O4S2.2H2/c1-15(2)8-7-9-21-18(23)14-25-11-12-26-20(17(5)6)28-27-13-10-22-19(24)16(3)4;;/h15-17,20H,9-14H2,1-6H3,(H,21,23)(H,22,24);2*1H. The Balaban J connectivity index is -0.00000364. The molecule has 0 heterocycles. The Hall–Kier alpha value is -0.880. The first-order chi connectivity index (χ1) is 13.2. The van der Waals surface area contributed by atoms with E-state index in [1.807, 2.05) is 27.7 Å². The van der Waals surface area contributed by atoms with Crippen molar-refractivity contribution in [1.29, 1.82) is 0 Å². The largest absolute Gasteiger partial charge is 0.369 e. The minimum Gasteiger partial charge on any atom is -0.369 e. The van der Waals surface area contributed by atoms with E-state index in [9.17, 15) is 9.59 Å². The lowest BCUT2D eigenvalue weighted by atomic mass is 10.2. The summed E-state index contributed by atoms with van der Waals surface area (Å²) in [5.74, 6) is 7.28. The fraction of sp³-hybridized carbons (Fsp3) is 0.800. The highest BCUT2D eigenvalue weighted by Gasteiger charge is 2.15. The van der Waals surface area contributed by atoms with Crippen LogP contribution in [0.3, 0.4) is 0 Å². The lowest BCUT2D eigenvalue weighted by molar-refractivity contribution is -0.126. The molecule has 0 aliphatic carbocycles. The number of hydrogen-bond donors (Lipinski definition) is 2. The maximum absolute atomic E-state index is 11.6. The van der Waals surface area contributed by atoms with Gasteiger partial charge in [-0.05, 0) is 5.92 Å². The molecule has 0 bridgehead atoms. The van der Waals surface area contributed by atoms with Crippen LogP contribution in [0.15, 0.2) is 0 Å². The van der Waals surface area contributed by atoms with E-state index in [-0.39, 0.29) is 32.6 Å². The molecule has 0 saturated carbocycles. The van der Waals surface area contributed by atoms with Crippen LogP contribution < -0.4 is 10.6 Å². The van der Waals surface area contributed by atoms with E-state index in [2.05, 4.69) is 36.3 Å². The van der Waals surface area contributed by atoms with Gasteiger partial charge in [-0.3, -0.25) is 9.59 Å². The highest BCUT2D eigenvalue weighted by molar-refractivity contribution is 8.76. The highest BCUT2D eigenvalue weighted by Crippen LogP contribution is 2.31. The van der Waals surface area contributed by atoms with E-state index < -0.39 is 0 Å². The van der Waals surface area contributed by atoms with Crippen molar-refractivity contribution in [2.75, 3.05) is 38.7 Å². The molecule has 8 heteroatoms. The third-order valence-electron chi connectivity index (χ3n) is 3.22. The molecule has 0 aromatic rings. The molecule has 0 aliphatic rings. The van der Waals surface area contributed by atoms with E-state index in [0.717, 1.165) is 5.75 Å². The fourth-order valence-corrected chi connectivity index (χ4v) is 4.27. The van der Waals surface area contributed by atoms with Crippen LogP contribution in [0, 0.1) is 29.6 Å². The maximum atomic E-state index is 11.6. The van der Waals surface area contributed by atoms with E-state index >= 15 is 0 Å². The summed E-state index contributed by atoms with van der Waals surface area (Å²) in [5.41, 5.74) is 0.0366. The Kier molecular flexibility index (Phi) is 16.5. The Bertz CT molecular complexity index is 513. The molecule has 2 amide bonds. The Morgan fingerprint density at radius 1 is 1.07 bits per heavy atom. The van der Waals surface area contributed by atoms with Gasteiger partial charge in [-0.15, -0.1) is 0 Å². The van der Waals surface area contributed by atoms with Crippen LogP contribution in [0.4, 0.5) is 0 Å².